The summed E-state index contributed by atoms with van der Waals surface area (Å²) in [6, 6.07) is 5.21. The molecule has 4 aliphatic rings. The van der Waals surface area contributed by atoms with E-state index in [9.17, 15) is 4.79 Å². The summed E-state index contributed by atoms with van der Waals surface area (Å²) in [5.74, 6) is 3.25. The first-order chi connectivity index (χ1) is 10.1. The van der Waals surface area contributed by atoms with E-state index >= 15 is 0 Å². The number of nitrogens with one attached hydrogen (secondary N) is 1. The first kappa shape index (κ1) is 13.9. The Balaban J connectivity index is 1.54. The first-order valence-electron chi connectivity index (χ1n) is 7.86. The van der Waals surface area contributed by atoms with Crippen LogP contribution in [0.15, 0.2) is 18.2 Å². The maximum absolute atomic E-state index is 12.8. The third kappa shape index (κ3) is 2.47. The van der Waals surface area contributed by atoms with Gasteiger partial charge in [-0.15, -0.1) is 0 Å². The van der Waals surface area contributed by atoms with Crippen LogP contribution in [0.25, 0.3) is 0 Å². The normalized spacial score (nSPS) is 36.8. The van der Waals surface area contributed by atoms with Crippen molar-refractivity contribution in [3.05, 3.63) is 28.2 Å². The zero-order chi connectivity index (χ0) is 14.6. The zero-order valence-electron chi connectivity index (χ0n) is 11.8. The predicted molar refractivity (Wildman–Crippen MR) is 85.6 cm³/mol. The predicted octanol–water partition coefficient (Wildman–Crippen LogP) is 5.00. The van der Waals surface area contributed by atoms with Gasteiger partial charge in [0.25, 0.3) is 0 Å². The molecule has 5 rings (SSSR count). The lowest BCUT2D eigenvalue weighted by molar-refractivity contribution is -0.132. The van der Waals surface area contributed by atoms with Crippen LogP contribution in [-0.2, 0) is 4.79 Å². The number of carbonyl (C=O) groups is 1. The highest BCUT2D eigenvalue weighted by molar-refractivity contribution is 6.35. The molecule has 0 heterocycles. The largest absolute Gasteiger partial charge is 0.324 e. The summed E-state index contributed by atoms with van der Waals surface area (Å²) in [6.45, 7) is 0. The minimum absolute atomic E-state index is 0.146. The molecule has 4 saturated carbocycles. The summed E-state index contributed by atoms with van der Waals surface area (Å²) in [5, 5.41) is 4.17. The number of halogens is 2. The number of hydrogen-bond acceptors (Lipinski definition) is 1. The average molecular weight is 324 g/mol. The molecule has 0 unspecified atom stereocenters. The zero-order valence-corrected chi connectivity index (χ0v) is 13.3. The van der Waals surface area contributed by atoms with E-state index in [0.717, 1.165) is 11.8 Å². The van der Waals surface area contributed by atoms with E-state index in [4.69, 9.17) is 23.2 Å². The van der Waals surface area contributed by atoms with Crippen molar-refractivity contribution in [1.82, 2.24) is 0 Å². The van der Waals surface area contributed by atoms with Crippen LogP contribution >= 0.6 is 23.2 Å². The smallest absolute Gasteiger partial charge is 0.228 e. The molecule has 2 nitrogen and oxygen atoms in total. The van der Waals surface area contributed by atoms with Crippen LogP contribution in [0.1, 0.15) is 32.1 Å². The second-order valence-corrected chi connectivity index (χ2v) is 7.91. The molecule has 0 spiro atoms. The summed E-state index contributed by atoms with van der Waals surface area (Å²) in [7, 11) is 0. The fourth-order valence-corrected chi connectivity index (χ4v) is 5.50. The summed E-state index contributed by atoms with van der Waals surface area (Å²) in [5.41, 5.74) is 0.642. The maximum atomic E-state index is 12.8. The number of amides is 1. The van der Waals surface area contributed by atoms with Crippen molar-refractivity contribution in [2.45, 2.75) is 32.1 Å². The van der Waals surface area contributed by atoms with E-state index in [1.54, 1.807) is 18.2 Å². The molecule has 1 amide bonds. The van der Waals surface area contributed by atoms with Crippen molar-refractivity contribution in [3.8, 4) is 0 Å². The van der Waals surface area contributed by atoms with E-state index in [1.807, 2.05) is 0 Å². The van der Waals surface area contributed by atoms with Crippen molar-refractivity contribution in [1.29, 1.82) is 0 Å². The molecule has 0 aromatic heterocycles. The van der Waals surface area contributed by atoms with Gasteiger partial charge in [0.2, 0.25) is 5.91 Å². The number of hydrogen-bond donors (Lipinski definition) is 1. The van der Waals surface area contributed by atoms with Gasteiger partial charge < -0.3 is 5.32 Å². The van der Waals surface area contributed by atoms with Crippen LogP contribution in [-0.4, -0.2) is 5.91 Å². The van der Waals surface area contributed by atoms with Crippen LogP contribution in [0.4, 0.5) is 5.69 Å². The molecule has 1 N–H and O–H groups in total. The van der Waals surface area contributed by atoms with Gasteiger partial charge in [-0.3, -0.25) is 4.79 Å². The highest BCUT2D eigenvalue weighted by Crippen LogP contribution is 2.56. The average Bonchev–Trinajstić information content (AvgIpc) is 2.41. The Bertz CT molecular complexity index is 558. The minimum Gasteiger partial charge on any atom is -0.324 e. The summed E-state index contributed by atoms with van der Waals surface area (Å²) in [4.78, 5) is 12.8. The number of carbonyl (C=O) groups excluding carboxylic acids is 1. The van der Waals surface area contributed by atoms with E-state index < -0.39 is 0 Å². The van der Waals surface area contributed by atoms with Crippen molar-refractivity contribution < 1.29 is 4.79 Å². The lowest BCUT2D eigenvalue weighted by atomic mass is 9.51. The van der Waals surface area contributed by atoms with Crippen molar-refractivity contribution in [2.24, 2.45) is 29.6 Å². The molecule has 4 fully saturated rings. The second-order valence-electron chi connectivity index (χ2n) is 7.07. The van der Waals surface area contributed by atoms with Gasteiger partial charge in [-0.2, -0.15) is 0 Å². The van der Waals surface area contributed by atoms with Gasteiger partial charge in [0, 0.05) is 10.9 Å². The number of anilines is 1. The van der Waals surface area contributed by atoms with Crippen LogP contribution in [0.3, 0.4) is 0 Å². The molecular weight excluding hydrogens is 305 g/mol. The van der Waals surface area contributed by atoms with Gasteiger partial charge >= 0.3 is 0 Å². The molecule has 4 bridgehead atoms. The molecule has 21 heavy (non-hydrogen) atoms. The first-order valence-corrected chi connectivity index (χ1v) is 8.61. The topological polar surface area (TPSA) is 29.1 Å². The van der Waals surface area contributed by atoms with Gasteiger partial charge in [0.1, 0.15) is 0 Å². The highest BCUT2D eigenvalue weighted by atomic mass is 35.5. The van der Waals surface area contributed by atoms with E-state index in [0.29, 0.717) is 27.6 Å². The molecule has 0 radical (unpaired) electrons. The number of rotatable bonds is 2. The molecule has 0 saturated heterocycles. The van der Waals surface area contributed by atoms with Gasteiger partial charge in [-0.1, -0.05) is 23.2 Å². The third-order valence-electron chi connectivity index (χ3n) is 5.72. The van der Waals surface area contributed by atoms with Gasteiger partial charge in [0.15, 0.2) is 0 Å². The summed E-state index contributed by atoms with van der Waals surface area (Å²) in [6.07, 6.45) is 6.38. The fourth-order valence-electron chi connectivity index (χ4n) is 5.16. The van der Waals surface area contributed by atoms with Crippen molar-refractivity contribution in [2.75, 3.05) is 5.32 Å². The third-order valence-corrected chi connectivity index (χ3v) is 6.28. The highest BCUT2D eigenvalue weighted by Gasteiger charge is 2.50. The fraction of sp³-hybridized carbons (Fsp3) is 0.588. The Kier molecular flexibility index (Phi) is 3.42. The lowest BCUT2D eigenvalue weighted by Crippen LogP contribution is -2.49. The summed E-state index contributed by atoms with van der Waals surface area (Å²) >= 11 is 12.2. The molecule has 4 heteroatoms. The van der Waals surface area contributed by atoms with E-state index in [-0.39, 0.29) is 11.8 Å². The Morgan fingerprint density at radius 3 is 2.24 bits per heavy atom. The van der Waals surface area contributed by atoms with Crippen LogP contribution in [0.2, 0.25) is 10.0 Å². The monoisotopic (exact) mass is 323 g/mol. The van der Waals surface area contributed by atoms with Crippen LogP contribution in [0.5, 0.6) is 0 Å². The van der Waals surface area contributed by atoms with E-state index in [1.165, 1.54) is 32.1 Å². The Labute approximate surface area is 135 Å². The Morgan fingerprint density at radius 2 is 1.62 bits per heavy atom. The summed E-state index contributed by atoms with van der Waals surface area (Å²) < 4.78 is 0. The Morgan fingerprint density at radius 1 is 1.00 bits per heavy atom. The molecule has 1 aromatic rings. The molecule has 0 aliphatic heterocycles. The van der Waals surface area contributed by atoms with Gasteiger partial charge in [-0.05, 0) is 74.0 Å². The standard InChI is InChI=1S/C17H19Cl2NO/c18-13-1-2-14(19)15(8-13)20-17(21)16-11-4-9-3-10(6-11)7-12(16)5-9/h1-2,8-12,16H,3-7H2,(H,20,21). The number of benzene rings is 1. The van der Waals surface area contributed by atoms with Gasteiger partial charge in [-0.25, -0.2) is 0 Å². The van der Waals surface area contributed by atoms with Crippen LogP contribution in [0, 0.1) is 29.6 Å². The molecule has 0 atom stereocenters. The lowest BCUT2D eigenvalue weighted by Gasteiger charge is -2.53. The van der Waals surface area contributed by atoms with Crippen molar-refractivity contribution in [3.63, 3.8) is 0 Å². The van der Waals surface area contributed by atoms with Gasteiger partial charge in [0.05, 0.1) is 10.7 Å². The van der Waals surface area contributed by atoms with E-state index in [2.05, 4.69) is 5.32 Å². The van der Waals surface area contributed by atoms with Crippen molar-refractivity contribution >= 4 is 34.8 Å². The molecular formula is C17H19Cl2NO. The van der Waals surface area contributed by atoms with Crippen LogP contribution < -0.4 is 5.32 Å². The Hall–Kier alpha value is -0.730. The molecule has 1 aromatic carbocycles. The quantitative estimate of drug-likeness (QED) is 0.814. The molecule has 112 valence electrons. The molecule has 4 aliphatic carbocycles. The maximum Gasteiger partial charge on any atom is 0.228 e. The SMILES string of the molecule is O=C(Nc1cc(Cl)ccc1Cl)C1C2CC3CC(C2)CC1C3. The minimum atomic E-state index is 0.146. The second kappa shape index (κ2) is 5.17.